The first-order chi connectivity index (χ1) is 11.4. The topological polar surface area (TPSA) is 49.4 Å². The van der Waals surface area contributed by atoms with Crippen LogP contribution in [0.15, 0.2) is 42.5 Å². The van der Waals surface area contributed by atoms with Crippen LogP contribution in [0.25, 0.3) is 0 Å². The van der Waals surface area contributed by atoms with Gasteiger partial charge in [0.25, 0.3) is 0 Å². The van der Waals surface area contributed by atoms with Gasteiger partial charge in [0, 0.05) is 29.4 Å². The number of nitrogens with one attached hydrogen (secondary N) is 1. The van der Waals surface area contributed by atoms with Crippen molar-refractivity contribution in [2.24, 2.45) is 5.92 Å². The van der Waals surface area contributed by atoms with Crippen molar-refractivity contribution < 1.29 is 9.59 Å². The van der Waals surface area contributed by atoms with E-state index in [4.69, 9.17) is 11.6 Å². The second-order valence-electron chi connectivity index (χ2n) is 6.20. The number of hydrogen-bond donors (Lipinski definition) is 1. The molecule has 2 aromatic rings. The smallest absolute Gasteiger partial charge is 0.229 e. The van der Waals surface area contributed by atoms with E-state index in [1.807, 2.05) is 50.2 Å². The Bertz CT molecular complexity index is 804. The van der Waals surface area contributed by atoms with Gasteiger partial charge in [0.15, 0.2) is 0 Å². The molecule has 1 heterocycles. The van der Waals surface area contributed by atoms with Crippen molar-refractivity contribution in [1.82, 2.24) is 0 Å². The molecule has 0 aliphatic carbocycles. The van der Waals surface area contributed by atoms with Crippen LogP contribution in [0.1, 0.15) is 17.5 Å². The van der Waals surface area contributed by atoms with Crippen molar-refractivity contribution in [3.63, 3.8) is 0 Å². The molecule has 0 unspecified atom stereocenters. The van der Waals surface area contributed by atoms with Gasteiger partial charge < -0.3 is 10.2 Å². The maximum atomic E-state index is 12.5. The molecule has 2 aromatic carbocycles. The minimum Gasteiger partial charge on any atom is -0.326 e. The number of nitrogens with zero attached hydrogens (tertiary/aromatic N) is 1. The van der Waals surface area contributed by atoms with Gasteiger partial charge in [-0.05, 0) is 49.2 Å². The number of aryl methyl sites for hydroxylation is 2. The van der Waals surface area contributed by atoms with Gasteiger partial charge >= 0.3 is 0 Å². The first kappa shape index (κ1) is 16.5. The molecule has 0 saturated carbocycles. The summed E-state index contributed by atoms with van der Waals surface area (Å²) in [6, 6.07) is 13.1. The lowest BCUT2D eigenvalue weighted by atomic mass is 10.1. The van der Waals surface area contributed by atoms with Crippen LogP contribution in [0.3, 0.4) is 0 Å². The van der Waals surface area contributed by atoms with Crippen molar-refractivity contribution in [2.45, 2.75) is 20.3 Å². The zero-order valence-electron chi connectivity index (χ0n) is 13.7. The summed E-state index contributed by atoms with van der Waals surface area (Å²) in [5, 5.41) is 3.51. The molecule has 1 aliphatic heterocycles. The molecule has 1 saturated heterocycles. The number of carbonyl (C=O) groups excluding carboxylic acids is 2. The summed E-state index contributed by atoms with van der Waals surface area (Å²) in [5.74, 6) is -0.549. The summed E-state index contributed by atoms with van der Waals surface area (Å²) in [6.45, 7) is 4.25. The zero-order valence-corrected chi connectivity index (χ0v) is 14.4. The van der Waals surface area contributed by atoms with Gasteiger partial charge in [0.05, 0.1) is 5.92 Å². The fourth-order valence-corrected chi connectivity index (χ4v) is 3.02. The van der Waals surface area contributed by atoms with Crippen LogP contribution in [0, 0.1) is 19.8 Å². The Kier molecular flexibility index (Phi) is 4.58. The van der Waals surface area contributed by atoms with Crippen LogP contribution in [-0.4, -0.2) is 18.4 Å². The Morgan fingerprint density at radius 2 is 2.00 bits per heavy atom. The van der Waals surface area contributed by atoms with E-state index < -0.39 is 0 Å². The molecule has 24 heavy (non-hydrogen) atoms. The Labute approximate surface area is 146 Å². The third kappa shape index (κ3) is 3.44. The van der Waals surface area contributed by atoms with E-state index in [1.165, 1.54) is 0 Å². The Morgan fingerprint density at radius 1 is 1.21 bits per heavy atom. The summed E-state index contributed by atoms with van der Waals surface area (Å²) in [7, 11) is 0. The average Bonchev–Trinajstić information content (AvgIpc) is 2.92. The highest BCUT2D eigenvalue weighted by Crippen LogP contribution is 2.29. The Balaban J connectivity index is 1.72. The van der Waals surface area contributed by atoms with Crippen LogP contribution in [0.5, 0.6) is 0 Å². The maximum absolute atomic E-state index is 12.5. The average molecular weight is 343 g/mol. The number of anilines is 2. The minimum absolute atomic E-state index is 0.0562. The van der Waals surface area contributed by atoms with E-state index >= 15 is 0 Å². The summed E-state index contributed by atoms with van der Waals surface area (Å²) >= 11 is 6.14. The standard InChI is InChI=1S/C19H19ClN2O2/c1-12-4-3-5-15(8-12)21-19(24)14-9-18(23)22(11-14)16-7-6-13(2)17(20)10-16/h3-8,10,14H,9,11H2,1-2H3,(H,21,24)/t14-/m1/s1. The minimum atomic E-state index is -0.363. The molecule has 1 atom stereocenters. The van der Waals surface area contributed by atoms with Crippen LogP contribution in [0.4, 0.5) is 11.4 Å². The van der Waals surface area contributed by atoms with Crippen molar-refractivity contribution >= 4 is 34.8 Å². The molecule has 1 aliphatic rings. The number of rotatable bonds is 3. The van der Waals surface area contributed by atoms with Gasteiger partial charge in [-0.2, -0.15) is 0 Å². The molecule has 0 aromatic heterocycles. The van der Waals surface area contributed by atoms with Gasteiger partial charge in [0.2, 0.25) is 11.8 Å². The largest absolute Gasteiger partial charge is 0.326 e. The van der Waals surface area contributed by atoms with Gasteiger partial charge in [-0.1, -0.05) is 29.8 Å². The first-order valence-electron chi connectivity index (χ1n) is 7.88. The predicted octanol–water partition coefficient (Wildman–Crippen LogP) is 3.95. The fraction of sp³-hybridized carbons (Fsp3) is 0.263. The molecule has 0 spiro atoms. The van der Waals surface area contributed by atoms with Gasteiger partial charge in [-0.3, -0.25) is 9.59 Å². The molecular formula is C19H19ClN2O2. The summed E-state index contributed by atoms with van der Waals surface area (Å²) in [4.78, 5) is 26.4. The van der Waals surface area contributed by atoms with E-state index in [0.717, 1.165) is 22.5 Å². The van der Waals surface area contributed by atoms with Crippen molar-refractivity contribution in [2.75, 3.05) is 16.8 Å². The van der Waals surface area contributed by atoms with Gasteiger partial charge in [0.1, 0.15) is 0 Å². The molecule has 1 fully saturated rings. The molecular weight excluding hydrogens is 324 g/mol. The molecule has 5 heteroatoms. The van der Waals surface area contributed by atoms with E-state index in [9.17, 15) is 9.59 Å². The highest BCUT2D eigenvalue weighted by molar-refractivity contribution is 6.31. The highest BCUT2D eigenvalue weighted by atomic mass is 35.5. The molecule has 1 N–H and O–H groups in total. The summed E-state index contributed by atoms with van der Waals surface area (Å²) in [6.07, 6.45) is 0.211. The predicted molar refractivity (Wildman–Crippen MR) is 96.5 cm³/mol. The van der Waals surface area contributed by atoms with E-state index in [0.29, 0.717) is 11.6 Å². The number of hydrogen-bond acceptors (Lipinski definition) is 2. The molecule has 0 bridgehead atoms. The van der Waals surface area contributed by atoms with Gasteiger partial charge in [-0.25, -0.2) is 0 Å². The van der Waals surface area contributed by atoms with Crippen LogP contribution in [0.2, 0.25) is 5.02 Å². The Morgan fingerprint density at radius 3 is 2.71 bits per heavy atom. The third-order valence-corrected chi connectivity index (χ3v) is 4.66. The number of amides is 2. The van der Waals surface area contributed by atoms with Crippen molar-refractivity contribution in [3.8, 4) is 0 Å². The first-order valence-corrected chi connectivity index (χ1v) is 8.26. The van der Waals surface area contributed by atoms with E-state index in [2.05, 4.69) is 5.32 Å². The van der Waals surface area contributed by atoms with E-state index in [-0.39, 0.29) is 24.2 Å². The number of carbonyl (C=O) groups is 2. The van der Waals surface area contributed by atoms with E-state index in [1.54, 1.807) is 11.0 Å². The quantitative estimate of drug-likeness (QED) is 0.918. The zero-order chi connectivity index (χ0) is 17.3. The number of benzene rings is 2. The lowest BCUT2D eigenvalue weighted by Crippen LogP contribution is -2.28. The number of halogens is 1. The Hall–Kier alpha value is -2.33. The van der Waals surface area contributed by atoms with Crippen LogP contribution >= 0.6 is 11.6 Å². The lowest BCUT2D eigenvalue weighted by Gasteiger charge is -2.17. The summed E-state index contributed by atoms with van der Waals surface area (Å²) in [5.41, 5.74) is 3.53. The summed E-state index contributed by atoms with van der Waals surface area (Å²) < 4.78 is 0. The molecule has 3 rings (SSSR count). The van der Waals surface area contributed by atoms with Crippen LogP contribution < -0.4 is 10.2 Å². The van der Waals surface area contributed by atoms with Crippen molar-refractivity contribution in [1.29, 1.82) is 0 Å². The normalized spacial score (nSPS) is 17.2. The van der Waals surface area contributed by atoms with Crippen LogP contribution in [-0.2, 0) is 9.59 Å². The molecule has 0 radical (unpaired) electrons. The maximum Gasteiger partial charge on any atom is 0.229 e. The van der Waals surface area contributed by atoms with Crippen molar-refractivity contribution in [3.05, 3.63) is 58.6 Å². The SMILES string of the molecule is Cc1cccc(NC(=O)[C@@H]2CC(=O)N(c3ccc(C)c(Cl)c3)C2)c1. The molecule has 2 amide bonds. The highest BCUT2D eigenvalue weighted by Gasteiger charge is 2.35. The molecule has 4 nitrogen and oxygen atoms in total. The second-order valence-corrected chi connectivity index (χ2v) is 6.60. The second kappa shape index (κ2) is 6.65. The monoisotopic (exact) mass is 342 g/mol. The van der Waals surface area contributed by atoms with Gasteiger partial charge in [-0.15, -0.1) is 0 Å². The third-order valence-electron chi connectivity index (χ3n) is 4.25. The lowest BCUT2D eigenvalue weighted by molar-refractivity contribution is -0.122. The molecule has 124 valence electrons. The fourth-order valence-electron chi connectivity index (χ4n) is 2.85.